The van der Waals surface area contributed by atoms with E-state index in [2.05, 4.69) is 26.0 Å². The van der Waals surface area contributed by atoms with Gasteiger partial charge in [-0.3, -0.25) is 0 Å². The summed E-state index contributed by atoms with van der Waals surface area (Å²) in [6.07, 6.45) is 1.96. The standard InChI is InChI=1S/C15H25NO2/c1-3-8-18-15-6-4-13(5-7-15)9-12(2)14(10-16)11-17/h4-7,12,14,17H,3,8-11,16H2,1-2H3. The Bertz CT molecular complexity index is 320. The molecule has 0 fully saturated rings. The van der Waals surface area contributed by atoms with Crippen LogP contribution in [0.15, 0.2) is 24.3 Å². The molecule has 2 atom stereocenters. The Balaban J connectivity index is 2.52. The van der Waals surface area contributed by atoms with Crippen molar-refractivity contribution in [1.29, 1.82) is 0 Å². The van der Waals surface area contributed by atoms with E-state index in [1.165, 1.54) is 5.56 Å². The fraction of sp³-hybridized carbons (Fsp3) is 0.600. The van der Waals surface area contributed by atoms with Gasteiger partial charge < -0.3 is 15.6 Å². The number of hydrogen-bond acceptors (Lipinski definition) is 3. The molecule has 0 saturated heterocycles. The lowest BCUT2D eigenvalue weighted by molar-refractivity contribution is 0.187. The number of aliphatic hydroxyl groups is 1. The van der Waals surface area contributed by atoms with Crippen LogP contribution in [0.1, 0.15) is 25.8 Å². The highest BCUT2D eigenvalue weighted by atomic mass is 16.5. The summed E-state index contributed by atoms with van der Waals surface area (Å²) >= 11 is 0. The Hall–Kier alpha value is -1.06. The third-order valence-corrected chi connectivity index (χ3v) is 3.30. The minimum absolute atomic E-state index is 0.162. The summed E-state index contributed by atoms with van der Waals surface area (Å²) in [5.41, 5.74) is 6.90. The maximum Gasteiger partial charge on any atom is 0.119 e. The van der Waals surface area contributed by atoms with Gasteiger partial charge in [0, 0.05) is 6.61 Å². The molecule has 1 aromatic carbocycles. The van der Waals surface area contributed by atoms with Crippen molar-refractivity contribution in [2.45, 2.75) is 26.7 Å². The molecule has 3 nitrogen and oxygen atoms in total. The molecule has 0 spiro atoms. The topological polar surface area (TPSA) is 55.5 Å². The quantitative estimate of drug-likeness (QED) is 0.745. The molecule has 18 heavy (non-hydrogen) atoms. The summed E-state index contributed by atoms with van der Waals surface area (Å²) < 4.78 is 5.54. The highest BCUT2D eigenvalue weighted by molar-refractivity contribution is 5.27. The van der Waals surface area contributed by atoms with Crippen LogP contribution < -0.4 is 10.5 Å². The third-order valence-electron chi connectivity index (χ3n) is 3.30. The Kier molecular flexibility index (Phi) is 6.76. The predicted molar refractivity (Wildman–Crippen MR) is 74.7 cm³/mol. The third kappa shape index (κ3) is 4.67. The summed E-state index contributed by atoms with van der Waals surface area (Å²) in [5.74, 6) is 1.49. The van der Waals surface area contributed by atoms with Crippen LogP contribution in [0.25, 0.3) is 0 Å². The molecule has 0 aliphatic carbocycles. The second-order valence-electron chi connectivity index (χ2n) is 4.85. The van der Waals surface area contributed by atoms with E-state index in [0.29, 0.717) is 12.5 Å². The molecule has 0 aliphatic rings. The summed E-state index contributed by atoms with van der Waals surface area (Å²) in [4.78, 5) is 0. The van der Waals surface area contributed by atoms with Crippen LogP contribution in [0.2, 0.25) is 0 Å². The highest BCUT2D eigenvalue weighted by Gasteiger charge is 2.15. The van der Waals surface area contributed by atoms with Gasteiger partial charge in [-0.2, -0.15) is 0 Å². The Morgan fingerprint density at radius 3 is 2.44 bits per heavy atom. The van der Waals surface area contributed by atoms with E-state index in [4.69, 9.17) is 10.5 Å². The second kappa shape index (κ2) is 8.11. The fourth-order valence-electron chi connectivity index (χ4n) is 1.97. The molecule has 0 amide bonds. The summed E-state index contributed by atoms with van der Waals surface area (Å²) in [5, 5.41) is 9.22. The number of benzene rings is 1. The van der Waals surface area contributed by atoms with Crippen LogP contribution in [-0.2, 0) is 6.42 Å². The number of nitrogens with two attached hydrogens (primary N) is 1. The van der Waals surface area contributed by atoms with Gasteiger partial charge in [0.05, 0.1) is 6.61 Å². The Morgan fingerprint density at radius 1 is 1.28 bits per heavy atom. The first-order valence-electron chi connectivity index (χ1n) is 6.73. The lowest BCUT2D eigenvalue weighted by Gasteiger charge is -2.20. The molecular weight excluding hydrogens is 226 g/mol. The molecule has 0 saturated carbocycles. The number of rotatable bonds is 8. The fourth-order valence-corrected chi connectivity index (χ4v) is 1.97. The normalized spacial score (nSPS) is 14.2. The zero-order chi connectivity index (χ0) is 13.4. The van der Waals surface area contributed by atoms with Gasteiger partial charge in [0.1, 0.15) is 5.75 Å². The maximum absolute atomic E-state index is 9.22. The van der Waals surface area contributed by atoms with Crippen molar-refractivity contribution in [2.24, 2.45) is 17.6 Å². The first-order chi connectivity index (χ1) is 8.71. The minimum Gasteiger partial charge on any atom is -0.494 e. The summed E-state index contributed by atoms with van der Waals surface area (Å²) in [7, 11) is 0. The molecule has 0 bridgehead atoms. The molecule has 3 heteroatoms. The van der Waals surface area contributed by atoms with Gasteiger partial charge in [0.25, 0.3) is 0 Å². The van der Waals surface area contributed by atoms with Crippen LogP contribution in [0.3, 0.4) is 0 Å². The smallest absolute Gasteiger partial charge is 0.119 e. The van der Waals surface area contributed by atoms with Crippen molar-refractivity contribution < 1.29 is 9.84 Å². The van der Waals surface area contributed by atoms with Gasteiger partial charge in [-0.1, -0.05) is 26.0 Å². The summed E-state index contributed by atoms with van der Waals surface area (Å²) in [6, 6.07) is 8.20. The molecule has 3 N–H and O–H groups in total. The second-order valence-corrected chi connectivity index (χ2v) is 4.85. The average molecular weight is 251 g/mol. The van der Waals surface area contributed by atoms with E-state index in [-0.39, 0.29) is 12.5 Å². The molecule has 1 rings (SSSR count). The van der Waals surface area contributed by atoms with E-state index in [1.807, 2.05) is 12.1 Å². The molecule has 102 valence electrons. The van der Waals surface area contributed by atoms with Gasteiger partial charge in [0.15, 0.2) is 0 Å². The first kappa shape index (κ1) is 15.0. The molecular formula is C15H25NO2. The van der Waals surface area contributed by atoms with Gasteiger partial charge in [0.2, 0.25) is 0 Å². The summed E-state index contributed by atoms with van der Waals surface area (Å²) in [6.45, 7) is 5.69. The van der Waals surface area contributed by atoms with Gasteiger partial charge in [-0.25, -0.2) is 0 Å². The van der Waals surface area contributed by atoms with Gasteiger partial charge in [-0.05, 0) is 48.9 Å². The molecule has 1 aromatic rings. The van der Waals surface area contributed by atoms with E-state index >= 15 is 0 Å². The van der Waals surface area contributed by atoms with E-state index < -0.39 is 0 Å². The van der Waals surface area contributed by atoms with Crippen LogP contribution in [0.5, 0.6) is 5.75 Å². The van der Waals surface area contributed by atoms with Crippen LogP contribution in [0.4, 0.5) is 0 Å². The molecule has 2 unspecified atom stereocenters. The van der Waals surface area contributed by atoms with E-state index in [1.54, 1.807) is 0 Å². The van der Waals surface area contributed by atoms with Crippen LogP contribution >= 0.6 is 0 Å². The van der Waals surface area contributed by atoms with Crippen molar-refractivity contribution in [2.75, 3.05) is 19.8 Å². The largest absolute Gasteiger partial charge is 0.494 e. The number of hydrogen-bond donors (Lipinski definition) is 2. The van der Waals surface area contributed by atoms with Crippen molar-refractivity contribution in [3.05, 3.63) is 29.8 Å². The Labute approximate surface area is 110 Å². The SMILES string of the molecule is CCCOc1ccc(CC(C)C(CN)CO)cc1. The average Bonchev–Trinajstić information content (AvgIpc) is 2.39. The van der Waals surface area contributed by atoms with Crippen molar-refractivity contribution in [3.63, 3.8) is 0 Å². The maximum atomic E-state index is 9.22. The van der Waals surface area contributed by atoms with Crippen LogP contribution in [0, 0.1) is 11.8 Å². The molecule has 0 aromatic heterocycles. The number of ether oxygens (including phenoxy) is 1. The van der Waals surface area contributed by atoms with Crippen molar-refractivity contribution in [1.82, 2.24) is 0 Å². The first-order valence-corrected chi connectivity index (χ1v) is 6.73. The molecule has 0 aliphatic heterocycles. The van der Waals surface area contributed by atoms with Gasteiger partial charge >= 0.3 is 0 Å². The van der Waals surface area contributed by atoms with Gasteiger partial charge in [-0.15, -0.1) is 0 Å². The molecule has 0 heterocycles. The van der Waals surface area contributed by atoms with E-state index in [0.717, 1.165) is 25.2 Å². The zero-order valence-electron chi connectivity index (χ0n) is 11.4. The lowest BCUT2D eigenvalue weighted by atomic mass is 9.89. The monoisotopic (exact) mass is 251 g/mol. The van der Waals surface area contributed by atoms with E-state index in [9.17, 15) is 5.11 Å². The van der Waals surface area contributed by atoms with Crippen molar-refractivity contribution in [3.8, 4) is 5.75 Å². The highest BCUT2D eigenvalue weighted by Crippen LogP contribution is 2.19. The zero-order valence-corrected chi connectivity index (χ0v) is 11.4. The van der Waals surface area contributed by atoms with Crippen LogP contribution in [-0.4, -0.2) is 24.9 Å². The predicted octanol–water partition coefficient (Wildman–Crippen LogP) is 2.22. The molecule has 0 radical (unpaired) electrons. The minimum atomic E-state index is 0.162. The Morgan fingerprint density at radius 2 is 1.94 bits per heavy atom. The van der Waals surface area contributed by atoms with Crippen molar-refractivity contribution >= 4 is 0 Å². The number of aliphatic hydroxyl groups excluding tert-OH is 1. The lowest BCUT2D eigenvalue weighted by Crippen LogP contribution is -2.26.